The Bertz CT molecular complexity index is 6600. The predicted molar refractivity (Wildman–Crippen MR) is 430 cm³/mol. The molecule has 0 bridgehead atoms. The van der Waals surface area contributed by atoms with Gasteiger partial charge in [0.25, 0.3) is 0 Å². The molecule has 0 atom stereocenters. The van der Waals surface area contributed by atoms with Crippen LogP contribution in [0.5, 0.6) is 0 Å². The van der Waals surface area contributed by atoms with Crippen molar-refractivity contribution in [1.29, 1.82) is 0 Å². The topological polar surface area (TPSA) is 0 Å². The largest absolute Gasteiger partial charge is 0.0622 e. The molecular formula is C98H68. The Morgan fingerprint density at radius 3 is 0.776 bits per heavy atom. The molecule has 0 aliphatic carbocycles. The third-order valence-corrected chi connectivity index (χ3v) is 21.0. The van der Waals surface area contributed by atoms with E-state index in [0.29, 0.717) is 0 Å². The molecule has 0 heterocycles. The minimum Gasteiger partial charge on any atom is -0.0622 e. The summed E-state index contributed by atoms with van der Waals surface area (Å²) in [5, 5.41) is 42.2. The lowest BCUT2D eigenvalue weighted by Crippen LogP contribution is -1.91. The molecule has 0 fully saturated rings. The van der Waals surface area contributed by atoms with Gasteiger partial charge in [0.15, 0.2) is 0 Å². The second-order valence-corrected chi connectivity index (χ2v) is 26.9. The highest BCUT2D eigenvalue weighted by atomic mass is 14.2. The van der Waals surface area contributed by atoms with Crippen LogP contribution < -0.4 is 0 Å². The Labute approximate surface area is 569 Å². The third kappa shape index (κ3) is 10.4. The zero-order valence-electron chi connectivity index (χ0n) is 55.3. The van der Waals surface area contributed by atoms with Gasteiger partial charge >= 0.3 is 0 Å². The van der Waals surface area contributed by atoms with Gasteiger partial charge in [0, 0.05) is 0 Å². The van der Waals surface area contributed by atoms with E-state index >= 15 is 0 Å². The average Bonchev–Trinajstić information content (AvgIpc) is 0.733. The summed E-state index contributed by atoms with van der Waals surface area (Å²) in [4.78, 5) is 0. The standard InChI is InChI=1S/C29H20.3C23H16/c1-19-25-15-21-11-5-7-13-23(21)17-27(25)29(20-9-3-2-4-10-20)28-18-24-14-8-6-12-22(24)16-26(19)28;1-15-22-13-18-8-4-2-6-16(18)10-20(22)12-21-11-17-7-3-5-9-19(17)14-23(15)21;1-15-5-4-8-18-11-21-12-19-9-16-6-2-3-7-17(16)10-20(19)13-22(21)14-23(15)18;1-15-22-9-5-4-8-18(22)12-21-13-19-10-16-6-2-3-7-17(16)11-20(19)14-23(15)21/h2-18H,1H3;3*2-14H,1H3. The summed E-state index contributed by atoms with van der Waals surface area (Å²) in [6.07, 6.45) is 0. The highest BCUT2D eigenvalue weighted by Crippen LogP contribution is 2.43. The van der Waals surface area contributed by atoms with Crippen LogP contribution in [-0.2, 0) is 0 Å². The normalized spacial score (nSPS) is 11.7. The second kappa shape index (κ2) is 23.9. The number of rotatable bonds is 1. The summed E-state index contributed by atoms with van der Waals surface area (Å²) < 4.78 is 0. The van der Waals surface area contributed by atoms with Crippen LogP contribution in [0.4, 0.5) is 0 Å². The maximum atomic E-state index is 2.37. The van der Waals surface area contributed by atoms with Gasteiger partial charge in [0.05, 0.1) is 0 Å². The van der Waals surface area contributed by atoms with Crippen molar-refractivity contribution < 1.29 is 0 Å². The van der Waals surface area contributed by atoms with Gasteiger partial charge in [-0.1, -0.05) is 218 Å². The van der Waals surface area contributed by atoms with E-state index in [2.05, 4.69) is 367 Å². The van der Waals surface area contributed by atoms with Crippen LogP contribution in [0.1, 0.15) is 22.3 Å². The molecule has 0 radical (unpaired) electrons. The number of benzene rings is 21. The summed E-state index contributed by atoms with van der Waals surface area (Å²) in [5.74, 6) is 0. The smallest absolute Gasteiger partial charge is 0.00262 e. The van der Waals surface area contributed by atoms with E-state index in [4.69, 9.17) is 0 Å². The molecule has 0 heteroatoms. The Morgan fingerprint density at radius 1 is 0.133 bits per heavy atom. The number of fused-ring (bicyclic) bond motifs is 16. The van der Waals surface area contributed by atoms with Gasteiger partial charge in [-0.05, 0) is 355 Å². The molecular weight excluding hydrogens is 1180 g/mol. The lowest BCUT2D eigenvalue weighted by molar-refractivity contribution is 1.54. The minimum atomic E-state index is 1.27. The first-order valence-electron chi connectivity index (χ1n) is 34.2. The van der Waals surface area contributed by atoms with Crippen molar-refractivity contribution in [3.63, 3.8) is 0 Å². The molecule has 0 saturated carbocycles. The lowest BCUT2D eigenvalue weighted by atomic mass is 9.86. The van der Waals surface area contributed by atoms with Crippen molar-refractivity contribution in [3.8, 4) is 11.1 Å². The third-order valence-electron chi connectivity index (χ3n) is 21.0. The Balaban J connectivity index is 0.0000000952. The molecule has 0 saturated heterocycles. The van der Waals surface area contributed by atoms with E-state index in [-0.39, 0.29) is 0 Å². The molecule has 98 heavy (non-hydrogen) atoms. The van der Waals surface area contributed by atoms with E-state index in [1.807, 2.05) is 0 Å². The average molecular weight is 1250 g/mol. The predicted octanol–water partition coefficient (Wildman–Crippen LogP) is 28.1. The zero-order chi connectivity index (χ0) is 65.5. The van der Waals surface area contributed by atoms with Crippen molar-refractivity contribution in [3.05, 3.63) is 362 Å². The molecule has 21 aromatic rings. The fourth-order valence-corrected chi connectivity index (χ4v) is 15.8. The van der Waals surface area contributed by atoms with E-state index < -0.39 is 0 Å². The highest BCUT2D eigenvalue weighted by molar-refractivity contribution is 6.21. The zero-order valence-corrected chi connectivity index (χ0v) is 55.3. The van der Waals surface area contributed by atoms with E-state index in [1.54, 1.807) is 0 Å². The fraction of sp³-hybridized carbons (Fsp3) is 0.0408. The second-order valence-electron chi connectivity index (χ2n) is 26.9. The van der Waals surface area contributed by atoms with Crippen molar-refractivity contribution in [1.82, 2.24) is 0 Å². The van der Waals surface area contributed by atoms with Crippen molar-refractivity contribution in [2.45, 2.75) is 27.7 Å². The Hall–Kier alpha value is -12.2. The first kappa shape index (κ1) is 58.4. The minimum absolute atomic E-state index is 1.27. The molecule has 0 aliphatic rings. The van der Waals surface area contributed by atoms with Crippen LogP contribution in [0, 0.1) is 27.7 Å². The van der Waals surface area contributed by atoms with Gasteiger partial charge in [0.2, 0.25) is 0 Å². The summed E-state index contributed by atoms with van der Waals surface area (Å²) in [7, 11) is 0. The van der Waals surface area contributed by atoms with Gasteiger partial charge in [0.1, 0.15) is 0 Å². The summed E-state index contributed by atoms with van der Waals surface area (Å²) in [5.41, 5.74) is 8.03. The van der Waals surface area contributed by atoms with Crippen LogP contribution in [-0.4, -0.2) is 0 Å². The lowest BCUT2D eigenvalue weighted by Gasteiger charge is -2.17. The van der Waals surface area contributed by atoms with Crippen LogP contribution in [0.15, 0.2) is 340 Å². The van der Waals surface area contributed by atoms with Crippen molar-refractivity contribution in [2.24, 2.45) is 0 Å². The van der Waals surface area contributed by atoms with E-state index in [9.17, 15) is 0 Å². The van der Waals surface area contributed by atoms with E-state index in [1.165, 1.54) is 206 Å². The van der Waals surface area contributed by atoms with Gasteiger partial charge in [-0.3, -0.25) is 0 Å². The van der Waals surface area contributed by atoms with Crippen molar-refractivity contribution >= 4 is 172 Å². The molecule has 0 unspecified atom stereocenters. The highest BCUT2D eigenvalue weighted by Gasteiger charge is 2.16. The SMILES string of the molecule is Cc1c2cc3ccccc3cc2c(-c2ccccc2)c2cc3ccccc3cc12.Cc1c2cc3ccccc3cc2cc2cc3ccccc3cc12.Cc1c2ccccc2cc2cc3cc4ccccc4cc3cc12.Cc1cccc2cc3cc4cc5ccccc5cc4cc3cc12. The van der Waals surface area contributed by atoms with E-state index in [0.717, 1.165) is 0 Å². The maximum Gasteiger partial charge on any atom is -0.00262 e. The fourth-order valence-electron chi connectivity index (χ4n) is 15.8. The van der Waals surface area contributed by atoms with Crippen LogP contribution in [0.2, 0.25) is 0 Å². The summed E-state index contributed by atoms with van der Waals surface area (Å²) in [6, 6.07) is 124. The first-order chi connectivity index (χ1) is 48.2. The molecule has 460 valence electrons. The molecule has 0 nitrogen and oxygen atoms in total. The molecule has 21 rings (SSSR count). The Morgan fingerprint density at radius 2 is 0.357 bits per heavy atom. The summed E-state index contributed by atoms with van der Waals surface area (Å²) >= 11 is 0. The monoisotopic (exact) mass is 1240 g/mol. The Kier molecular flexibility index (Phi) is 14.2. The van der Waals surface area contributed by atoms with Gasteiger partial charge in [-0.15, -0.1) is 0 Å². The molecule has 0 amide bonds. The molecule has 21 aromatic carbocycles. The quantitative estimate of drug-likeness (QED) is 0.144. The maximum absolute atomic E-state index is 2.37. The van der Waals surface area contributed by atoms with Crippen molar-refractivity contribution in [2.75, 3.05) is 0 Å². The molecule has 0 aromatic heterocycles. The van der Waals surface area contributed by atoms with Crippen LogP contribution in [0.25, 0.3) is 183 Å². The summed E-state index contributed by atoms with van der Waals surface area (Å²) in [6.45, 7) is 8.93. The van der Waals surface area contributed by atoms with Crippen LogP contribution in [0.3, 0.4) is 0 Å². The van der Waals surface area contributed by atoms with Gasteiger partial charge in [-0.25, -0.2) is 0 Å². The number of aryl methyl sites for hydroxylation is 4. The first-order valence-corrected chi connectivity index (χ1v) is 34.2. The number of hydrogen-bond acceptors (Lipinski definition) is 0. The van der Waals surface area contributed by atoms with Crippen LogP contribution >= 0.6 is 0 Å². The molecule has 0 spiro atoms. The number of hydrogen-bond donors (Lipinski definition) is 0. The molecule has 0 N–H and O–H groups in total. The molecule has 0 aliphatic heterocycles. The van der Waals surface area contributed by atoms with Gasteiger partial charge < -0.3 is 0 Å². The van der Waals surface area contributed by atoms with Gasteiger partial charge in [-0.2, -0.15) is 0 Å².